The lowest BCUT2D eigenvalue weighted by molar-refractivity contribution is 1.04. The van der Waals surface area contributed by atoms with E-state index in [4.69, 9.17) is 0 Å². The molecule has 1 unspecified atom stereocenters. The van der Waals surface area contributed by atoms with Gasteiger partial charge < -0.3 is 0 Å². The van der Waals surface area contributed by atoms with E-state index in [9.17, 15) is 0 Å². The molecule has 2 rings (SSSR count). The number of alkyl halides is 1. The van der Waals surface area contributed by atoms with Gasteiger partial charge >= 0.3 is 0 Å². The van der Waals surface area contributed by atoms with Crippen LogP contribution in [0.2, 0.25) is 0 Å². The highest BCUT2D eigenvalue weighted by molar-refractivity contribution is 9.09. The number of nitrogens with zero attached hydrogens (tertiary/aromatic N) is 1. The van der Waals surface area contributed by atoms with E-state index in [1.807, 2.05) is 18.2 Å². The Bertz CT molecular complexity index is 426. The van der Waals surface area contributed by atoms with Gasteiger partial charge in [0.1, 0.15) is 0 Å². The second kappa shape index (κ2) is 4.89. The molecule has 0 saturated heterocycles. The van der Waals surface area contributed by atoms with E-state index in [1.165, 1.54) is 5.39 Å². The Morgan fingerprint density at radius 1 is 1.14 bits per heavy atom. The molecule has 0 radical (unpaired) electrons. The zero-order valence-electron chi connectivity index (χ0n) is 7.77. The summed E-state index contributed by atoms with van der Waals surface area (Å²) in [6.45, 7) is 2.08. The summed E-state index contributed by atoms with van der Waals surface area (Å²) in [5, 5.41) is 1.19. The summed E-state index contributed by atoms with van der Waals surface area (Å²) in [4.78, 5) is 4.84. The second-order valence-electron chi connectivity index (χ2n) is 3.04. The maximum Gasteiger partial charge on any atom is 0.0705 e. The molecule has 0 bridgehead atoms. The topological polar surface area (TPSA) is 12.9 Å². The minimum Gasteiger partial charge on any atom is -0.252 e. The minimum atomic E-state index is 0. The van der Waals surface area contributed by atoms with Crippen molar-refractivity contribution >= 4 is 43.8 Å². The third-order valence-corrected chi connectivity index (χ3v) is 2.50. The van der Waals surface area contributed by atoms with Crippen molar-refractivity contribution in [1.82, 2.24) is 4.98 Å². The lowest BCUT2D eigenvalue weighted by Gasteiger charge is -2.03. The summed E-state index contributed by atoms with van der Waals surface area (Å²) in [6.07, 6.45) is 0. The van der Waals surface area contributed by atoms with Crippen LogP contribution in [-0.2, 0) is 0 Å². The number of hydrogen-bond acceptors (Lipinski definition) is 1. The van der Waals surface area contributed by atoms with E-state index in [1.54, 1.807) is 0 Å². The van der Waals surface area contributed by atoms with Gasteiger partial charge in [0, 0.05) is 5.39 Å². The van der Waals surface area contributed by atoms with Gasteiger partial charge in [0.05, 0.1) is 16.0 Å². The van der Waals surface area contributed by atoms with Crippen molar-refractivity contribution in [1.29, 1.82) is 0 Å². The number of para-hydroxylation sites is 1. The maximum atomic E-state index is 4.53. The molecule has 0 fully saturated rings. The Kier molecular flexibility index (Phi) is 4.08. The molecule has 1 heterocycles. The van der Waals surface area contributed by atoms with E-state index in [0.717, 1.165) is 11.2 Å². The van der Waals surface area contributed by atoms with Crippen LogP contribution in [0.5, 0.6) is 0 Å². The van der Waals surface area contributed by atoms with E-state index in [2.05, 4.69) is 46.0 Å². The first kappa shape index (κ1) is 11.7. The Morgan fingerprint density at radius 3 is 2.57 bits per heavy atom. The number of aromatic nitrogens is 1. The fourth-order valence-electron chi connectivity index (χ4n) is 1.30. The quantitative estimate of drug-likeness (QED) is 0.716. The number of pyridine rings is 1. The fourth-order valence-corrected chi connectivity index (χ4v) is 1.56. The minimum absolute atomic E-state index is 0. The van der Waals surface area contributed by atoms with E-state index >= 15 is 0 Å². The summed E-state index contributed by atoms with van der Waals surface area (Å²) in [6, 6.07) is 12.3. The highest BCUT2D eigenvalue weighted by atomic mass is 79.9. The fraction of sp³-hybridized carbons (Fsp3) is 0.182. The molecule has 0 spiro atoms. The molecule has 14 heavy (non-hydrogen) atoms. The van der Waals surface area contributed by atoms with Crippen molar-refractivity contribution in [2.45, 2.75) is 11.8 Å². The van der Waals surface area contributed by atoms with E-state index in [-0.39, 0.29) is 17.0 Å². The molecule has 2 aromatic rings. The summed E-state index contributed by atoms with van der Waals surface area (Å²) in [5.74, 6) is 0. The molecule has 0 aliphatic rings. The Balaban J connectivity index is 0.000000980. The zero-order valence-corrected chi connectivity index (χ0v) is 11.1. The van der Waals surface area contributed by atoms with Gasteiger partial charge in [-0.1, -0.05) is 40.2 Å². The molecule has 0 N–H and O–H groups in total. The van der Waals surface area contributed by atoms with Crippen LogP contribution in [0.15, 0.2) is 36.4 Å². The second-order valence-corrected chi connectivity index (χ2v) is 4.42. The smallest absolute Gasteiger partial charge is 0.0705 e. The normalized spacial score (nSPS) is 12.1. The van der Waals surface area contributed by atoms with Gasteiger partial charge in [0.25, 0.3) is 0 Å². The Labute approximate surface area is 102 Å². The summed E-state index contributed by atoms with van der Waals surface area (Å²) in [7, 11) is 0. The maximum absolute atomic E-state index is 4.53. The van der Waals surface area contributed by atoms with Gasteiger partial charge in [-0.3, -0.25) is 4.98 Å². The number of rotatable bonds is 1. The van der Waals surface area contributed by atoms with Crippen molar-refractivity contribution in [2.75, 3.05) is 0 Å². The SMILES string of the molecule is Br.CC(Br)c1ccc2ccccc2n1. The average Bonchev–Trinajstić information content (AvgIpc) is 2.17. The molecule has 1 aromatic carbocycles. The Hall–Kier alpha value is -0.410. The van der Waals surface area contributed by atoms with E-state index < -0.39 is 0 Å². The van der Waals surface area contributed by atoms with Crippen molar-refractivity contribution in [3.8, 4) is 0 Å². The largest absolute Gasteiger partial charge is 0.252 e. The first-order chi connectivity index (χ1) is 6.27. The molecule has 1 nitrogen and oxygen atoms in total. The highest BCUT2D eigenvalue weighted by Crippen LogP contribution is 2.21. The third kappa shape index (κ3) is 2.34. The highest BCUT2D eigenvalue weighted by Gasteiger charge is 2.02. The van der Waals surface area contributed by atoms with Crippen LogP contribution in [0.25, 0.3) is 10.9 Å². The van der Waals surface area contributed by atoms with Gasteiger partial charge in [-0.15, -0.1) is 17.0 Å². The summed E-state index contributed by atoms with van der Waals surface area (Å²) < 4.78 is 0. The van der Waals surface area contributed by atoms with Crippen LogP contribution in [0.1, 0.15) is 17.4 Å². The lowest BCUT2D eigenvalue weighted by atomic mass is 10.2. The number of fused-ring (bicyclic) bond motifs is 1. The average molecular weight is 317 g/mol. The molecule has 0 aliphatic heterocycles. The molecule has 74 valence electrons. The number of benzene rings is 1. The van der Waals surface area contributed by atoms with Crippen molar-refractivity contribution in [3.63, 3.8) is 0 Å². The predicted molar refractivity (Wildman–Crippen MR) is 69.4 cm³/mol. The van der Waals surface area contributed by atoms with Gasteiger partial charge in [-0.2, -0.15) is 0 Å². The van der Waals surface area contributed by atoms with Gasteiger partial charge in [0.15, 0.2) is 0 Å². The lowest BCUT2D eigenvalue weighted by Crippen LogP contribution is -1.89. The molecule has 3 heteroatoms. The van der Waals surface area contributed by atoms with Crippen LogP contribution in [0.3, 0.4) is 0 Å². The van der Waals surface area contributed by atoms with Gasteiger partial charge in [-0.25, -0.2) is 0 Å². The van der Waals surface area contributed by atoms with Crippen LogP contribution in [0.4, 0.5) is 0 Å². The monoisotopic (exact) mass is 315 g/mol. The summed E-state index contributed by atoms with van der Waals surface area (Å²) >= 11 is 3.51. The number of halogens is 2. The molecule has 0 saturated carbocycles. The number of hydrogen-bond donors (Lipinski definition) is 0. The predicted octanol–water partition coefficient (Wildman–Crippen LogP) is 4.27. The third-order valence-electron chi connectivity index (χ3n) is 2.03. The molecule has 0 aliphatic carbocycles. The molecule has 1 atom stereocenters. The summed E-state index contributed by atoms with van der Waals surface area (Å²) in [5.41, 5.74) is 2.14. The van der Waals surface area contributed by atoms with Gasteiger partial charge in [-0.05, 0) is 19.1 Å². The molecule has 0 amide bonds. The van der Waals surface area contributed by atoms with E-state index in [0.29, 0.717) is 4.83 Å². The van der Waals surface area contributed by atoms with Crippen LogP contribution in [-0.4, -0.2) is 4.98 Å². The molecular formula is C11H11Br2N. The molecular weight excluding hydrogens is 306 g/mol. The van der Waals surface area contributed by atoms with Gasteiger partial charge in [0.2, 0.25) is 0 Å². The van der Waals surface area contributed by atoms with Crippen LogP contribution >= 0.6 is 32.9 Å². The first-order valence-electron chi connectivity index (χ1n) is 4.27. The first-order valence-corrected chi connectivity index (χ1v) is 5.19. The molecule has 1 aromatic heterocycles. The van der Waals surface area contributed by atoms with Crippen molar-refractivity contribution in [3.05, 3.63) is 42.1 Å². The van der Waals surface area contributed by atoms with Crippen LogP contribution in [0, 0.1) is 0 Å². The Morgan fingerprint density at radius 2 is 1.86 bits per heavy atom. The zero-order chi connectivity index (χ0) is 9.26. The van der Waals surface area contributed by atoms with Crippen molar-refractivity contribution in [2.24, 2.45) is 0 Å². The van der Waals surface area contributed by atoms with Crippen molar-refractivity contribution < 1.29 is 0 Å². The standard InChI is InChI=1S/C11H10BrN.BrH/c1-8(12)10-7-6-9-4-2-3-5-11(9)13-10;/h2-8H,1H3;1H. The van der Waals surface area contributed by atoms with Crippen LogP contribution < -0.4 is 0 Å².